The topological polar surface area (TPSA) is 21.3 Å². The van der Waals surface area contributed by atoms with Crippen LogP contribution in [-0.2, 0) is 0 Å². The van der Waals surface area contributed by atoms with E-state index in [1.54, 1.807) is 19.2 Å². The highest BCUT2D eigenvalue weighted by molar-refractivity contribution is 5.28. The average Bonchev–Trinajstić information content (AvgIpc) is 2.36. The van der Waals surface area contributed by atoms with E-state index in [1.807, 2.05) is 6.92 Å². The van der Waals surface area contributed by atoms with Crippen molar-refractivity contribution in [2.75, 3.05) is 13.7 Å². The maximum absolute atomic E-state index is 12.6. The van der Waals surface area contributed by atoms with E-state index in [2.05, 4.69) is 10.1 Å². The van der Waals surface area contributed by atoms with E-state index >= 15 is 0 Å². The van der Waals surface area contributed by atoms with Gasteiger partial charge in [0.1, 0.15) is 5.75 Å². The lowest BCUT2D eigenvalue weighted by Crippen LogP contribution is -2.33. The Morgan fingerprint density at radius 1 is 1.22 bits per heavy atom. The fourth-order valence-corrected chi connectivity index (χ4v) is 1.26. The SMILES string of the molecule is CNC(C)c1ccc(OCC(F)(F)C(F)F)cc1. The summed E-state index contributed by atoms with van der Waals surface area (Å²) >= 11 is 0. The Hall–Kier alpha value is -1.30. The van der Waals surface area contributed by atoms with Gasteiger partial charge in [-0.1, -0.05) is 12.1 Å². The van der Waals surface area contributed by atoms with Gasteiger partial charge < -0.3 is 10.1 Å². The summed E-state index contributed by atoms with van der Waals surface area (Å²) in [6.45, 7) is 0.604. The summed E-state index contributed by atoms with van der Waals surface area (Å²) in [5.74, 6) is -3.99. The van der Waals surface area contributed by atoms with Crippen LogP contribution in [0.2, 0.25) is 0 Å². The molecule has 0 fully saturated rings. The van der Waals surface area contributed by atoms with Gasteiger partial charge in [0, 0.05) is 6.04 Å². The molecule has 0 aliphatic carbocycles. The molecule has 18 heavy (non-hydrogen) atoms. The molecule has 1 rings (SSSR count). The van der Waals surface area contributed by atoms with Gasteiger partial charge in [0.25, 0.3) is 0 Å². The van der Waals surface area contributed by atoms with Crippen molar-refractivity contribution in [3.63, 3.8) is 0 Å². The Morgan fingerprint density at radius 2 is 1.78 bits per heavy atom. The molecule has 0 bridgehead atoms. The van der Waals surface area contributed by atoms with Crippen molar-refractivity contribution >= 4 is 0 Å². The molecule has 1 aromatic rings. The van der Waals surface area contributed by atoms with E-state index in [1.165, 1.54) is 12.1 Å². The molecule has 0 aliphatic heterocycles. The predicted molar refractivity (Wildman–Crippen MR) is 60.4 cm³/mol. The standard InChI is InChI=1S/C12H15F4NO/c1-8(17-2)9-3-5-10(6-4-9)18-7-12(15,16)11(13)14/h3-6,8,11,17H,7H2,1-2H3. The zero-order valence-corrected chi connectivity index (χ0v) is 10.1. The van der Waals surface area contributed by atoms with E-state index in [0.29, 0.717) is 0 Å². The van der Waals surface area contributed by atoms with Crippen LogP contribution in [-0.4, -0.2) is 26.0 Å². The van der Waals surface area contributed by atoms with Crippen LogP contribution in [0.3, 0.4) is 0 Å². The van der Waals surface area contributed by atoms with Gasteiger partial charge in [0.05, 0.1) is 0 Å². The summed E-state index contributed by atoms with van der Waals surface area (Å²) in [6.07, 6.45) is -3.72. The number of halogens is 4. The largest absolute Gasteiger partial charge is 0.487 e. The molecule has 0 aliphatic rings. The lowest BCUT2D eigenvalue weighted by molar-refractivity contribution is -0.148. The molecule has 102 valence electrons. The highest BCUT2D eigenvalue weighted by atomic mass is 19.3. The quantitative estimate of drug-likeness (QED) is 0.797. The van der Waals surface area contributed by atoms with Crippen molar-refractivity contribution in [3.05, 3.63) is 29.8 Å². The first-order valence-corrected chi connectivity index (χ1v) is 5.43. The van der Waals surface area contributed by atoms with Crippen LogP contribution in [0.15, 0.2) is 24.3 Å². The molecule has 1 N–H and O–H groups in total. The minimum Gasteiger partial charge on any atom is -0.487 e. The Labute approximate surface area is 103 Å². The molecule has 0 saturated heterocycles. The average molecular weight is 265 g/mol. The minimum atomic E-state index is -4.13. The van der Waals surface area contributed by atoms with Crippen molar-refractivity contribution in [1.82, 2.24) is 5.32 Å². The van der Waals surface area contributed by atoms with Crippen LogP contribution < -0.4 is 10.1 Å². The molecular weight excluding hydrogens is 250 g/mol. The second kappa shape index (κ2) is 6.04. The van der Waals surface area contributed by atoms with Crippen LogP contribution in [0.5, 0.6) is 5.75 Å². The van der Waals surface area contributed by atoms with Gasteiger partial charge >= 0.3 is 12.3 Å². The van der Waals surface area contributed by atoms with Crippen LogP contribution >= 0.6 is 0 Å². The molecule has 0 saturated carbocycles. The first-order chi connectivity index (χ1) is 8.36. The monoisotopic (exact) mass is 265 g/mol. The fourth-order valence-electron chi connectivity index (χ4n) is 1.26. The number of rotatable bonds is 6. The third-order valence-corrected chi connectivity index (χ3v) is 2.56. The van der Waals surface area contributed by atoms with Gasteiger partial charge in [-0.15, -0.1) is 0 Å². The predicted octanol–water partition coefficient (Wildman–Crippen LogP) is 3.25. The zero-order valence-electron chi connectivity index (χ0n) is 10.1. The summed E-state index contributed by atoms with van der Waals surface area (Å²) in [6, 6.07) is 6.45. The van der Waals surface area contributed by atoms with E-state index in [4.69, 9.17) is 0 Å². The molecule has 2 nitrogen and oxygen atoms in total. The summed E-state index contributed by atoms with van der Waals surface area (Å²) in [4.78, 5) is 0. The third-order valence-electron chi connectivity index (χ3n) is 2.56. The first kappa shape index (κ1) is 14.8. The van der Waals surface area contributed by atoms with Crippen molar-refractivity contribution < 1.29 is 22.3 Å². The smallest absolute Gasteiger partial charge is 0.340 e. The van der Waals surface area contributed by atoms with Crippen LogP contribution in [0.1, 0.15) is 18.5 Å². The normalized spacial score (nSPS) is 13.7. The van der Waals surface area contributed by atoms with Gasteiger partial charge in [-0.05, 0) is 31.7 Å². The minimum absolute atomic E-state index is 0.113. The van der Waals surface area contributed by atoms with Gasteiger partial charge in [-0.25, -0.2) is 8.78 Å². The van der Waals surface area contributed by atoms with Crippen LogP contribution in [0.25, 0.3) is 0 Å². The maximum Gasteiger partial charge on any atom is 0.340 e. The number of hydrogen-bond donors (Lipinski definition) is 1. The molecule has 0 spiro atoms. The zero-order chi connectivity index (χ0) is 13.8. The fraction of sp³-hybridized carbons (Fsp3) is 0.500. The molecule has 1 unspecified atom stereocenters. The Balaban J connectivity index is 2.59. The van der Waals surface area contributed by atoms with Crippen LogP contribution in [0.4, 0.5) is 17.6 Å². The van der Waals surface area contributed by atoms with Crippen molar-refractivity contribution in [2.45, 2.75) is 25.3 Å². The molecule has 1 atom stereocenters. The van der Waals surface area contributed by atoms with Crippen LogP contribution in [0, 0.1) is 0 Å². The Morgan fingerprint density at radius 3 is 2.22 bits per heavy atom. The van der Waals surface area contributed by atoms with Crippen molar-refractivity contribution in [2.24, 2.45) is 0 Å². The molecule has 6 heteroatoms. The Bertz CT molecular complexity index is 367. The number of hydrogen-bond acceptors (Lipinski definition) is 2. The number of benzene rings is 1. The second-order valence-corrected chi connectivity index (χ2v) is 3.93. The number of nitrogens with one attached hydrogen (secondary N) is 1. The van der Waals surface area contributed by atoms with E-state index < -0.39 is 19.0 Å². The maximum atomic E-state index is 12.6. The molecule has 0 heterocycles. The third kappa shape index (κ3) is 3.87. The number of ether oxygens (including phenoxy) is 1. The van der Waals surface area contributed by atoms with Gasteiger partial charge in [0.2, 0.25) is 0 Å². The van der Waals surface area contributed by atoms with E-state index in [9.17, 15) is 17.6 Å². The Kier molecular flexibility index (Phi) is 4.95. The van der Waals surface area contributed by atoms with Crippen molar-refractivity contribution in [1.29, 1.82) is 0 Å². The molecule has 0 amide bonds. The first-order valence-electron chi connectivity index (χ1n) is 5.43. The highest BCUT2D eigenvalue weighted by Crippen LogP contribution is 2.25. The van der Waals surface area contributed by atoms with Gasteiger partial charge in [0.15, 0.2) is 6.61 Å². The molecule has 0 aromatic heterocycles. The summed E-state index contributed by atoms with van der Waals surface area (Å²) in [7, 11) is 1.79. The van der Waals surface area contributed by atoms with E-state index in [-0.39, 0.29) is 11.8 Å². The lowest BCUT2D eigenvalue weighted by Gasteiger charge is -2.16. The molecule has 0 radical (unpaired) electrons. The number of alkyl halides is 4. The second-order valence-electron chi connectivity index (χ2n) is 3.93. The van der Waals surface area contributed by atoms with Gasteiger partial charge in [-0.2, -0.15) is 8.78 Å². The van der Waals surface area contributed by atoms with E-state index in [0.717, 1.165) is 5.56 Å². The lowest BCUT2D eigenvalue weighted by atomic mass is 10.1. The highest BCUT2D eigenvalue weighted by Gasteiger charge is 2.41. The summed E-state index contributed by atoms with van der Waals surface area (Å²) < 4.78 is 53.7. The summed E-state index contributed by atoms with van der Waals surface area (Å²) in [5.41, 5.74) is 0.950. The summed E-state index contributed by atoms with van der Waals surface area (Å²) in [5, 5.41) is 3.01. The van der Waals surface area contributed by atoms with Gasteiger partial charge in [-0.3, -0.25) is 0 Å². The molecular formula is C12H15F4NO. The molecule has 1 aromatic carbocycles. The van der Waals surface area contributed by atoms with Crippen molar-refractivity contribution in [3.8, 4) is 5.75 Å².